The van der Waals surface area contributed by atoms with Crippen molar-refractivity contribution < 1.29 is 9.15 Å². The van der Waals surface area contributed by atoms with E-state index in [1.807, 2.05) is 13.0 Å². The summed E-state index contributed by atoms with van der Waals surface area (Å²) >= 11 is 1.74. The Morgan fingerprint density at radius 1 is 1.21 bits per heavy atom. The lowest BCUT2D eigenvalue weighted by atomic mass is 9.95. The third-order valence-electron chi connectivity index (χ3n) is 5.67. The molecule has 0 atom stereocenters. The average molecular weight is 407 g/mol. The first-order chi connectivity index (χ1) is 14.0. The second kappa shape index (κ2) is 6.95. The lowest BCUT2D eigenvalue weighted by molar-refractivity contribution is 0.298. The maximum absolute atomic E-state index is 12.1. The van der Waals surface area contributed by atoms with Crippen molar-refractivity contribution in [3.63, 3.8) is 0 Å². The first-order valence-corrected chi connectivity index (χ1v) is 10.8. The zero-order valence-corrected chi connectivity index (χ0v) is 17.6. The molecule has 148 valence electrons. The molecule has 0 bridgehead atoms. The predicted molar refractivity (Wildman–Crippen MR) is 115 cm³/mol. The van der Waals surface area contributed by atoms with Crippen LogP contribution in [-0.4, -0.2) is 9.97 Å². The molecule has 1 aromatic carbocycles. The second-order valence-corrected chi connectivity index (χ2v) is 9.04. The highest BCUT2D eigenvalue weighted by molar-refractivity contribution is 7.18. The summed E-state index contributed by atoms with van der Waals surface area (Å²) in [5.74, 6) is 0.988. The van der Waals surface area contributed by atoms with E-state index in [0.29, 0.717) is 17.4 Å². The van der Waals surface area contributed by atoms with Crippen LogP contribution in [-0.2, 0) is 19.4 Å². The van der Waals surface area contributed by atoms with Gasteiger partial charge >= 0.3 is 5.63 Å². The Kier molecular flexibility index (Phi) is 4.39. The number of benzene rings is 1. The standard InChI is InChI=1S/C23H22N2O3S/c1-12(2)16-9-17-14(8-20(26)28-18(17)7-13(16)3)10-27-22-21-15-5-4-6-19(15)29-23(21)25-11-24-22/h7-9,11-12H,4-6,10H2,1-3H3. The molecule has 0 unspecified atom stereocenters. The molecular weight excluding hydrogens is 384 g/mol. The minimum atomic E-state index is -0.364. The van der Waals surface area contributed by atoms with Crippen LogP contribution in [0.2, 0.25) is 0 Å². The summed E-state index contributed by atoms with van der Waals surface area (Å²) in [4.78, 5) is 23.3. The van der Waals surface area contributed by atoms with Gasteiger partial charge in [0.1, 0.15) is 23.3 Å². The van der Waals surface area contributed by atoms with Gasteiger partial charge in [0.2, 0.25) is 5.88 Å². The number of rotatable bonds is 4. The summed E-state index contributed by atoms with van der Waals surface area (Å²) in [5.41, 5.74) is 4.75. The third-order valence-corrected chi connectivity index (χ3v) is 6.87. The smallest absolute Gasteiger partial charge is 0.336 e. The van der Waals surface area contributed by atoms with E-state index in [9.17, 15) is 4.79 Å². The van der Waals surface area contributed by atoms with Crippen molar-refractivity contribution >= 4 is 32.5 Å². The highest BCUT2D eigenvalue weighted by atomic mass is 32.1. The monoisotopic (exact) mass is 406 g/mol. The molecule has 0 saturated carbocycles. The number of ether oxygens (including phenoxy) is 1. The van der Waals surface area contributed by atoms with Gasteiger partial charge in [0.25, 0.3) is 0 Å². The molecule has 3 aromatic heterocycles. The zero-order chi connectivity index (χ0) is 20.1. The fourth-order valence-corrected chi connectivity index (χ4v) is 5.51. The van der Waals surface area contributed by atoms with Crippen LogP contribution in [0.3, 0.4) is 0 Å². The molecule has 0 radical (unpaired) electrons. The van der Waals surface area contributed by atoms with Crippen molar-refractivity contribution in [2.24, 2.45) is 0 Å². The molecular formula is C23H22N2O3S. The van der Waals surface area contributed by atoms with E-state index in [2.05, 4.69) is 29.9 Å². The van der Waals surface area contributed by atoms with E-state index in [-0.39, 0.29) is 12.2 Å². The molecule has 0 N–H and O–H groups in total. The first-order valence-electron chi connectivity index (χ1n) is 9.96. The van der Waals surface area contributed by atoms with Gasteiger partial charge in [0, 0.05) is 21.9 Å². The lowest BCUT2D eigenvalue weighted by Crippen LogP contribution is -2.06. The topological polar surface area (TPSA) is 65.2 Å². The molecule has 0 spiro atoms. The van der Waals surface area contributed by atoms with Crippen LogP contribution in [0, 0.1) is 6.92 Å². The van der Waals surface area contributed by atoms with Gasteiger partial charge in [-0.2, -0.15) is 0 Å². The SMILES string of the molecule is Cc1cc2oc(=O)cc(COc3ncnc4sc5c(c34)CCC5)c2cc1C(C)C. The van der Waals surface area contributed by atoms with Gasteiger partial charge in [-0.15, -0.1) is 11.3 Å². The molecule has 5 nitrogen and oxygen atoms in total. The van der Waals surface area contributed by atoms with Gasteiger partial charge in [-0.1, -0.05) is 13.8 Å². The predicted octanol–water partition coefficient (Wildman–Crippen LogP) is 5.30. The largest absolute Gasteiger partial charge is 0.472 e. The number of aryl methyl sites for hydroxylation is 3. The molecule has 0 saturated heterocycles. The Morgan fingerprint density at radius 3 is 2.90 bits per heavy atom. The number of nitrogens with zero attached hydrogens (tertiary/aromatic N) is 2. The molecule has 5 rings (SSSR count). The van der Waals surface area contributed by atoms with Crippen molar-refractivity contribution in [3.05, 3.63) is 62.1 Å². The summed E-state index contributed by atoms with van der Waals surface area (Å²) in [6, 6.07) is 5.59. The van der Waals surface area contributed by atoms with Crippen LogP contribution in [0.25, 0.3) is 21.2 Å². The quantitative estimate of drug-likeness (QED) is 0.431. The Labute approximate surface area is 172 Å². The van der Waals surface area contributed by atoms with E-state index in [4.69, 9.17) is 9.15 Å². The molecule has 0 amide bonds. The minimum Gasteiger partial charge on any atom is -0.472 e. The minimum absolute atomic E-state index is 0.263. The van der Waals surface area contributed by atoms with Gasteiger partial charge in [-0.25, -0.2) is 14.8 Å². The summed E-state index contributed by atoms with van der Waals surface area (Å²) in [5, 5.41) is 1.95. The number of hydrogen-bond acceptors (Lipinski definition) is 6. The molecule has 0 aliphatic heterocycles. The number of aromatic nitrogens is 2. The van der Waals surface area contributed by atoms with E-state index < -0.39 is 0 Å². The fraction of sp³-hybridized carbons (Fsp3) is 0.348. The van der Waals surface area contributed by atoms with E-state index in [0.717, 1.165) is 39.6 Å². The molecule has 1 aliphatic rings. The van der Waals surface area contributed by atoms with E-state index in [1.165, 1.54) is 28.5 Å². The Bertz CT molecular complexity index is 1300. The highest BCUT2D eigenvalue weighted by Crippen LogP contribution is 2.40. The van der Waals surface area contributed by atoms with Gasteiger partial charge in [-0.3, -0.25) is 0 Å². The molecule has 1 aliphatic carbocycles. The Balaban J connectivity index is 1.57. The number of fused-ring (bicyclic) bond motifs is 4. The van der Waals surface area contributed by atoms with Gasteiger partial charge < -0.3 is 9.15 Å². The van der Waals surface area contributed by atoms with Crippen LogP contribution < -0.4 is 10.4 Å². The normalized spacial score (nSPS) is 13.5. The molecule has 0 fully saturated rings. The summed E-state index contributed by atoms with van der Waals surface area (Å²) in [7, 11) is 0. The van der Waals surface area contributed by atoms with Crippen LogP contribution in [0.4, 0.5) is 0 Å². The van der Waals surface area contributed by atoms with Crippen LogP contribution in [0.5, 0.6) is 5.88 Å². The van der Waals surface area contributed by atoms with Crippen molar-refractivity contribution in [3.8, 4) is 5.88 Å². The van der Waals surface area contributed by atoms with Crippen molar-refractivity contribution in [2.45, 2.75) is 52.6 Å². The van der Waals surface area contributed by atoms with Gasteiger partial charge in [0.05, 0.1) is 5.39 Å². The molecule has 29 heavy (non-hydrogen) atoms. The average Bonchev–Trinajstić information content (AvgIpc) is 3.26. The Morgan fingerprint density at radius 2 is 2.07 bits per heavy atom. The second-order valence-electron chi connectivity index (χ2n) is 7.96. The van der Waals surface area contributed by atoms with Crippen molar-refractivity contribution in [1.29, 1.82) is 0 Å². The van der Waals surface area contributed by atoms with Crippen molar-refractivity contribution in [2.75, 3.05) is 0 Å². The van der Waals surface area contributed by atoms with Gasteiger partial charge in [0.15, 0.2) is 0 Å². The summed E-state index contributed by atoms with van der Waals surface area (Å²) < 4.78 is 11.6. The molecule has 3 heterocycles. The van der Waals surface area contributed by atoms with Crippen LogP contribution in [0.1, 0.15) is 53.3 Å². The maximum atomic E-state index is 12.1. The van der Waals surface area contributed by atoms with E-state index in [1.54, 1.807) is 17.7 Å². The highest BCUT2D eigenvalue weighted by Gasteiger charge is 2.22. The maximum Gasteiger partial charge on any atom is 0.336 e. The van der Waals surface area contributed by atoms with Crippen LogP contribution >= 0.6 is 11.3 Å². The van der Waals surface area contributed by atoms with Crippen molar-refractivity contribution in [1.82, 2.24) is 9.97 Å². The summed E-state index contributed by atoms with van der Waals surface area (Å²) in [6.07, 6.45) is 4.89. The first kappa shape index (κ1) is 18.3. The van der Waals surface area contributed by atoms with Crippen LogP contribution in [0.15, 0.2) is 33.7 Å². The molecule has 4 aromatic rings. The third kappa shape index (κ3) is 3.12. The zero-order valence-electron chi connectivity index (χ0n) is 16.7. The summed E-state index contributed by atoms with van der Waals surface area (Å²) in [6.45, 7) is 6.64. The Hall–Kier alpha value is -2.73. The lowest BCUT2D eigenvalue weighted by Gasteiger charge is -2.13. The van der Waals surface area contributed by atoms with Gasteiger partial charge in [-0.05, 0) is 60.9 Å². The molecule has 6 heteroatoms. The van der Waals surface area contributed by atoms with E-state index >= 15 is 0 Å². The fourth-order valence-electron chi connectivity index (χ4n) is 4.29. The number of thiophene rings is 1. The number of hydrogen-bond donors (Lipinski definition) is 0.